The lowest BCUT2D eigenvalue weighted by Gasteiger charge is -2.21. The van der Waals surface area contributed by atoms with Gasteiger partial charge < -0.3 is 5.32 Å². The smallest absolute Gasteiger partial charge is 0.220 e. The number of hydrogen-bond donors (Lipinski definition) is 1. The fourth-order valence-corrected chi connectivity index (χ4v) is 1.16. The quantitative estimate of drug-likeness (QED) is 0.473. The average molecular weight is 159 g/mol. The monoisotopic (exact) mass is 159 g/mol. The number of nitrogens with one attached hydrogen (secondary N) is 1. The maximum absolute atomic E-state index is 10.8. The standard InChI is InChI=1S/C7H13NO3/c1-10-11-5-6-3-2-4-7(9)8-6/h6H,2-5H2,1H3,(H,8,9). The molecule has 1 atom stereocenters. The normalized spacial score (nSPS) is 24.8. The van der Waals surface area contributed by atoms with Gasteiger partial charge in [0.1, 0.15) is 6.61 Å². The summed E-state index contributed by atoms with van der Waals surface area (Å²) < 4.78 is 0. The molecule has 64 valence electrons. The van der Waals surface area contributed by atoms with Crippen molar-refractivity contribution in [1.29, 1.82) is 0 Å². The van der Waals surface area contributed by atoms with E-state index in [-0.39, 0.29) is 11.9 Å². The fourth-order valence-electron chi connectivity index (χ4n) is 1.16. The molecule has 11 heavy (non-hydrogen) atoms. The van der Waals surface area contributed by atoms with Gasteiger partial charge in [-0.1, -0.05) is 0 Å². The molecule has 0 bridgehead atoms. The van der Waals surface area contributed by atoms with Crippen LogP contribution >= 0.6 is 0 Å². The minimum absolute atomic E-state index is 0.112. The third-order valence-electron chi connectivity index (χ3n) is 1.71. The van der Waals surface area contributed by atoms with Gasteiger partial charge >= 0.3 is 0 Å². The summed E-state index contributed by atoms with van der Waals surface area (Å²) in [6, 6.07) is 0.135. The highest BCUT2D eigenvalue weighted by molar-refractivity contribution is 5.76. The lowest BCUT2D eigenvalue weighted by molar-refractivity contribution is -0.276. The summed E-state index contributed by atoms with van der Waals surface area (Å²) >= 11 is 0. The van der Waals surface area contributed by atoms with E-state index in [1.807, 2.05) is 0 Å². The summed E-state index contributed by atoms with van der Waals surface area (Å²) in [7, 11) is 1.46. The molecule has 0 aliphatic carbocycles. The Morgan fingerprint density at radius 1 is 1.73 bits per heavy atom. The Morgan fingerprint density at radius 2 is 2.55 bits per heavy atom. The third-order valence-corrected chi connectivity index (χ3v) is 1.71. The summed E-state index contributed by atoms with van der Waals surface area (Å²) in [4.78, 5) is 20.0. The molecule has 0 aromatic heterocycles. The number of piperidine rings is 1. The van der Waals surface area contributed by atoms with Crippen LogP contribution in [0.4, 0.5) is 0 Å². The first kappa shape index (κ1) is 8.49. The van der Waals surface area contributed by atoms with Crippen LogP contribution in [0.1, 0.15) is 19.3 Å². The molecule has 1 amide bonds. The summed E-state index contributed by atoms with van der Waals surface area (Å²) in [5.74, 6) is 0.112. The van der Waals surface area contributed by atoms with Gasteiger partial charge in [-0.3, -0.25) is 4.79 Å². The van der Waals surface area contributed by atoms with Crippen molar-refractivity contribution in [1.82, 2.24) is 5.32 Å². The Hall–Kier alpha value is -0.610. The molecule has 1 aliphatic heterocycles. The van der Waals surface area contributed by atoms with Crippen molar-refractivity contribution in [2.45, 2.75) is 25.3 Å². The molecule has 1 unspecified atom stereocenters. The summed E-state index contributed by atoms with van der Waals surface area (Å²) in [6.07, 6.45) is 2.57. The maximum Gasteiger partial charge on any atom is 0.220 e. The number of amides is 1. The van der Waals surface area contributed by atoms with Gasteiger partial charge in [0, 0.05) is 6.42 Å². The van der Waals surface area contributed by atoms with Crippen LogP contribution < -0.4 is 5.32 Å². The van der Waals surface area contributed by atoms with E-state index in [2.05, 4.69) is 10.2 Å². The van der Waals surface area contributed by atoms with E-state index in [1.165, 1.54) is 7.11 Å². The van der Waals surface area contributed by atoms with Gasteiger partial charge in [0.05, 0.1) is 13.2 Å². The van der Waals surface area contributed by atoms with Crippen molar-refractivity contribution in [3.05, 3.63) is 0 Å². The van der Waals surface area contributed by atoms with Gasteiger partial charge in [-0.15, -0.1) is 0 Å². The Bertz CT molecular complexity index is 138. The van der Waals surface area contributed by atoms with Crippen LogP contribution in [0.3, 0.4) is 0 Å². The highest BCUT2D eigenvalue weighted by Gasteiger charge is 2.17. The Morgan fingerprint density at radius 3 is 3.18 bits per heavy atom. The summed E-state index contributed by atoms with van der Waals surface area (Å²) in [6.45, 7) is 0.447. The zero-order valence-electron chi connectivity index (χ0n) is 6.63. The highest BCUT2D eigenvalue weighted by Crippen LogP contribution is 2.07. The minimum Gasteiger partial charge on any atom is -0.351 e. The second-order valence-electron chi connectivity index (χ2n) is 2.61. The predicted octanol–water partition coefficient (Wildman–Crippen LogP) is 0.233. The molecule has 1 fully saturated rings. The minimum atomic E-state index is 0.112. The van der Waals surface area contributed by atoms with E-state index in [0.29, 0.717) is 13.0 Å². The second kappa shape index (κ2) is 4.31. The van der Waals surface area contributed by atoms with E-state index in [9.17, 15) is 4.79 Å². The molecule has 0 spiro atoms. The predicted molar refractivity (Wildman–Crippen MR) is 38.7 cm³/mol. The molecular weight excluding hydrogens is 146 g/mol. The summed E-state index contributed by atoms with van der Waals surface area (Å²) in [5.41, 5.74) is 0. The fraction of sp³-hybridized carbons (Fsp3) is 0.857. The van der Waals surface area contributed by atoms with E-state index in [0.717, 1.165) is 12.8 Å². The molecule has 1 rings (SSSR count). The third kappa shape index (κ3) is 2.86. The van der Waals surface area contributed by atoms with Gasteiger partial charge in [-0.05, 0) is 12.8 Å². The lowest BCUT2D eigenvalue weighted by Crippen LogP contribution is -2.41. The van der Waals surface area contributed by atoms with Crippen molar-refractivity contribution in [2.75, 3.05) is 13.7 Å². The van der Waals surface area contributed by atoms with Crippen molar-refractivity contribution in [2.24, 2.45) is 0 Å². The molecule has 0 saturated carbocycles. The number of hydrogen-bond acceptors (Lipinski definition) is 3. The molecule has 0 aromatic rings. The molecule has 0 radical (unpaired) electrons. The molecule has 4 heteroatoms. The van der Waals surface area contributed by atoms with Crippen molar-refractivity contribution < 1.29 is 14.6 Å². The van der Waals surface area contributed by atoms with Crippen LogP contribution in [-0.4, -0.2) is 25.7 Å². The van der Waals surface area contributed by atoms with Crippen molar-refractivity contribution in [3.8, 4) is 0 Å². The first-order chi connectivity index (χ1) is 5.33. The lowest BCUT2D eigenvalue weighted by atomic mass is 10.1. The first-order valence-corrected chi connectivity index (χ1v) is 3.78. The topological polar surface area (TPSA) is 47.6 Å². The Labute approximate surface area is 65.8 Å². The van der Waals surface area contributed by atoms with E-state index < -0.39 is 0 Å². The van der Waals surface area contributed by atoms with Crippen LogP contribution in [-0.2, 0) is 14.6 Å². The SMILES string of the molecule is COOCC1CCCC(=O)N1. The largest absolute Gasteiger partial charge is 0.351 e. The van der Waals surface area contributed by atoms with Gasteiger partial charge in [0.15, 0.2) is 0 Å². The van der Waals surface area contributed by atoms with Crippen LogP contribution in [0.15, 0.2) is 0 Å². The second-order valence-corrected chi connectivity index (χ2v) is 2.61. The molecule has 0 aromatic carbocycles. The molecular formula is C7H13NO3. The average Bonchev–Trinajstić information content (AvgIpc) is 2.01. The molecule has 1 aliphatic rings. The molecule has 4 nitrogen and oxygen atoms in total. The van der Waals surface area contributed by atoms with Crippen LogP contribution in [0.5, 0.6) is 0 Å². The maximum atomic E-state index is 10.8. The first-order valence-electron chi connectivity index (χ1n) is 3.78. The molecule has 1 saturated heterocycles. The zero-order chi connectivity index (χ0) is 8.10. The van der Waals surface area contributed by atoms with Gasteiger partial charge in [0.25, 0.3) is 0 Å². The van der Waals surface area contributed by atoms with Crippen molar-refractivity contribution in [3.63, 3.8) is 0 Å². The van der Waals surface area contributed by atoms with Gasteiger partial charge in [0.2, 0.25) is 5.91 Å². The van der Waals surface area contributed by atoms with E-state index >= 15 is 0 Å². The Balaban J connectivity index is 2.17. The van der Waals surface area contributed by atoms with Crippen LogP contribution in [0, 0.1) is 0 Å². The van der Waals surface area contributed by atoms with Crippen LogP contribution in [0.25, 0.3) is 0 Å². The highest BCUT2D eigenvalue weighted by atomic mass is 17.2. The van der Waals surface area contributed by atoms with Crippen LogP contribution in [0.2, 0.25) is 0 Å². The van der Waals surface area contributed by atoms with Crippen molar-refractivity contribution >= 4 is 5.91 Å². The van der Waals surface area contributed by atoms with E-state index in [1.54, 1.807) is 0 Å². The van der Waals surface area contributed by atoms with Gasteiger partial charge in [-0.25, -0.2) is 9.78 Å². The zero-order valence-corrected chi connectivity index (χ0v) is 6.63. The number of carbonyl (C=O) groups is 1. The Kier molecular flexibility index (Phi) is 3.32. The van der Waals surface area contributed by atoms with E-state index in [4.69, 9.17) is 4.89 Å². The number of carbonyl (C=O) groups excluding carboxylic acids is 1. The number of rotatable bonds is 3. The molecule has 1 N–H and O–H groups in total. The molecule has 1 heterocycles. The summed E-state index contributed by atoms with van der Waals surface area (Å²) in [5, 5.41) is 2.81. The van der Waals surface area contributed by atoms with Gasteiger partial charge in [-0.2, -0.15) is 0 Å².